The van der Waals surface area contributed by atoms with E-state index in [4.69, 9.17) is 4.74 Å². The molecule has 3 fully saturated rings. The molecular formula is C17H27N3O4. The summed E-state index contributed by atoms with van der Waals surface area (Å²) in [6.07, 6.45) is 8.65. The van der Waals surface area contributed by atoms with Gasteiger partial charge >= 0.3 is 6.03 Å². The highest BCUT2D eigenvalue weighted by Gasteiger charge is 2.52. The Morgan fingerprint density at radius 2 is 1.92 bits per heavy atom. The topological polar surface area (TPSA) is 87.7 Å². The van der Waals surface area contributed by atoms with Crippen molar-refractivity contribution in [3.63, 3.8) is 0 Å². The van der Waals surface area contributed by atoms with Crippen LogP contribution in [0.15, 0.2) is 0 Å². The Kier molecular flexibility index (Phi) is 5.08. The van der Waals surface area contributed by atoms with Crippen LogP contribution in [0.2, 0.25) is 0 Å². The van der Waals surface area contributed by atoms with E-state index in [2.05, 4.69) is 17.7 Å². The minimum Gasteiger partial charge on any atom is -0.368 e. The van der Waals surface area contributed by atoms with Crippen molar-refractivity contribution in [2.45, 2.75) is 76.4 Å². The maximum atomic E-state index is 12.6. The summed E-state index contributed by atoms with van der Waals surface area (Å²) in [4.78, 5) is 36.8. The lowest BCUT2D eigenvalue weighted by Gasteiger charge is -2.30. The Hall–Kier alpha value is -1.63. The molecule has 0 aromatic heterocycles. The first-order chi connectivity index (χ1) is 11.5. The summed E-state index contributed by atoms with van der Waals surface area (Å²) in [6.45, 7) is 2.01. The van der Waals surface area contributed by atoms with Crippen LogP contribution in [0.25, 0.3) is 0 Å². The highest BCUT2D eigenvalue weighted by Crippen LogP contribution is 2.33. The van der Waals surface area contributed by atoms with E-state index in [9.17, 15) is 14.4 Å². The molecule has 2 N–H and O–H groups in total. The van der Waals surface area contributed by atoms with Gasteiger partial charge < -0.3 is 10.1 Å². The Balaban J connectivity index is 1.52. The number of amides is 4. The smallest absolute Gasteiger partial charge is 0.344 e. The lowest BCUT2D eigenvalue weighted by atomic mass is 9.82. The minimum absolute atomic E-state index is 0.0808. The van der Waals surface area contributed by atoms with Gasteiger partial charge in [-0.25, -0.2) is 4.79 Å². The highest BCUT2D eigenvalue weighted by atomic mass is 16.5. The van der Waals surface area contributed by atoms with E-state index in [0.29, 0.717) is 18.8 Å². The summed E-state index contributed by atoms with van der Waals surface area (Å²) in [5.74, 6) is -0.357. The molecule has 24 heavy (non-hydrogen) atoms. The Bertz CT molecular complexity index is 516. The average molecular weight is 337 g/mol. The van der Waals surface area contributed by atoms with Crippen molar-refractivity contribution in [3.05, 3.63) is 0 Å². The molecule has 1 saturated heterocycles. The van der Waals surface area contributed by atoms with Gasteiger partial charge in [0, 0.05) is 0 Å². The minimum atomic E-state index is -0.818. The summed E-state index contributed by atoms with van der Waals surface area (Å²) in [5.41, 5.74) is 1.59. The maximum absolute atomic E-state index is 12.6. The zero-order valence-electron chi connectivity index (χ0n) is 14.3. The van der Waals surface area contributed by atoms with E-state index in [1.54, 1.807) is 0 Å². The third-order valence-corrected chi connectivity index (χ3v) is 5.57. The van der Waals surface area contributed by atoms with Crippen LogP contribution in [0.5, 0.6) is 0 Å². The standard InChI is InChI=1S/C17H27N3O4/c1-12-7-3-4-8-13(12)24-11-14(21)19-20-15(22)17(18-16(20)23)9-5-2-6-10-17/h12-13H,2-11H2,1H3,(H,18,23)(H,19,21). The van der Waals surface area contributed by atoms with Gasteiger partial charge in [0.1, 0.15) is 12.1 Å². The van der Waals surface area contributed by atoms with Crippen LogP contribution < -0.4 is 10.7 Å². The van der Waals surface area contributed by atoms with E-state index in [1.165, 1.54) is 6.42 Å². The second-order valence-electron chi connectivity index (χ2n) is 7.36. The van der Waals surface area contributed by atoms with Gasteiger partial charge in [0.05, 0.1) is 6.10 Å². The number of ether oxygens (including phenoxy) is 1. The number of hydrazine groups is 1. The molecule has 7 nitrogen and oxygen atoms in total. The predicted octanol–water partition coefficient (Wildman–Crippen LogP) is 1.87. The van der Waals surface area contributed by atoms with Crippen molar-refractivity contribution >= 4 is 17.8 Å². The van der Waals surface area contributed by atoms with E-state index in [1.807, 2.05) is 0 Å². The highest BCUT2D eigenvalue weighted by molar-refractivity contribution is 6.08. The zero-order valence-corrected chi connectivity index (χ0v) is 14.3. The number of urea groups is 1. The van der Waals surface area contributed by atoms with Gasteiger partial charge in [0.25, 0.3) is 11.8 Å². The van der Waals surface area contributed by atoms with Gasteiger partial charge in [0.2, 0.25) is 0 Å². The quantitative estimate of drug-likeness (QED) is 0.767. The molecule has 1 spiro atoms. The number of imide groups is 1. The first-order valence-corrected chi connectivity index (χ1v) is 9.10. The number of nitrogens with one attached hydrogen (secondary N) is 2. The summed E-state index contributed by atoms with van der Waals surface area (Å²) in [5, 5.41) is 3.60. The van der Waals surface area contributed by atoms with Crippen molar-refractivity contribution in [1.29, 1.82) is 0 Å². The number of hydrogen-bond donors (Lipinski definition) is 2. The van der Waals surface area contributed by atoms with Gasteiger partial charge in [-0.2, -0.15) is 5.01 Å². The van der Waals surface area contributed by atoms with Crippen LogP contribution in [0.1, 0.15) is 64.7 Å². The summed E-state index contributed by atoms with van der Waals surface area (Å²) < 4.78 is 5.69. The number of carbonyl (C=O) groups is 3. The Labute approximate surface area is 142 Å². The molecule has 2 atom stereocenters. The van der Waals surface area contributed by atoms with E-state index in [0.717, 1.165) is 43.5 Å². The lowest BCUT2D eigenvalue weighted by Crippen LogP contribution is -2.51. The molecule has 0 bridgehead atoms. The predicted molar refractivity (Wildman–Crippen MR) is 86.7 cm³/mol. The number of carbonyl (C=O) groups excluding carboxylic acids is 3. The second-order valence-corrected chi connectivity index (χ2v) is 7.36. The third-order valence-electron chi connectivity index (χ3n) is 5.57. The van der Waals surface area contributed by atoms with Gasteiger partial charge in [-0.05, 0) is 31.6 Å². The first-order valence-electron chi connectivity index (χ1n) is 9.10. The van der Waals surface area contributed by atoms with Crippen LogP contribution in [0.4, 0.5) is 4.79 Å². The largest absolute Gasteiger partial charge is 0.368 e. The number of nitrogens with zero attached hydrogens (tertiary/aromatic N) is 1. The fourth-order valence-electron chi connectivity index (χ4n) is 4.09. The molecule has 7 heteroatoms. The van der Waals surface area contributed by atoms with Crippen molar-refractivity contribution in [2.24, 2.45) is 5.92 Å². The molecule has 2 unspecified atom stereocenters. The number of rotatable bonds is 4. The first kappa shape index (κ1) is 17.2. The fourth-order valence-corrected chi connectivity index (χ4v) is 4.09. The maximum Gasteiger partial charge on any atom is 0.344 e. The van der Waals surface area contributed by atoms with Crippen LogP contribution in [-0.2, 0) is 14.3 Å². The zero-order chi connectivity index (χ0) is 17.2. The molecule has 2 aliphatic carbocycles. The average Bonchev–Trinajstić information content (AvgIpc) is 2.79. The second kappa shape index (κ2) is 7.09. The van der Waals surface area contributed by atoms with Gasteiger partial charge in [-0.1, -0.05) is 39.0 Å². The third kappa shape index (κ3) is 3.41. The molecule has 0 aromatic rings. The van der Waals surface area contributed by atoms with Crippen LogP contribution in [0, 0.1) is 5.92 Å². The Morgan fingerprint density at radius 3 is 2.62 bits per heavy atom. The van der Waals surface area contributed by atoms with Crippen LogP contribution in [0.3, 0.4) is 0 Å². The molecule has 2 saturated carbocycles. The van der Waals surface area contributed by atoms with E-state index < -0.39 is 17.5 Å². The van der Waals surface area contributed by atoms with Crippen LogP contribution >= 0.6 is 0 Å². The molecule has 1 aliphatic heterocycles. The molecule has 1 heterocycles. The van der Waals surface area contributed by atoms with Crippen molar-refractivity contribution in [1.82, 2.24) is 15.8 Å². The monoisotopic (exact) mass is 337 g/mol. The molecule has 3 rings (SSSR count). The molecule has 134 valence electrons. The molecule has 4 amide bonds. The van der Waals surface area contributed by atoms with Gasteiger partial charge in [0.15, 0.2) is 0 Å². The summed E-state index contributed by atoms with van der Waals surface area (Å²) in [7, 11) is 0. The van der Waals surface area contributed by atoms with Gasteiger partial charge in [-0.15, -0.1) is 0 Å². The lowest BCUT2D eigenvalue weighted by molar-refractivity contribution is -0.143. The van der Waals surface area contributed by atoms with Crippen molar-refractivity contribution < 1.29 is 19.1 Å². The molecule has 0 radical (unpaired) electrons. The molecule has 3 aliphatic rings. The van der Waals surface area contributed by atoms with Crippen molar-refractivity contribution in [3.8, 4) is 0 Å². The fraction of sp³-hybridized carbons (Fsp3) is 0.824. The normalized spacial score (nSPS) is 29.6. The molecule has 0 aromatic carbocycles. The summed E-state index contributed by atoms with van der Waals surface area (Å²) in [6, 6.07) is -0.540. The Morgan fingerprint density at radius 1 is 1.21 bits per heavy atom. The van der Waals surface area contributed by atoms with E-state index in [-0.39, 0.29) is 18.6 Å². The number of hydrogen-bond acceptors (Lipinski definition) is 4. The SMILES string of the molecule is CC1CCCCC1OCC(=O)NN1C(=O)NC2(CCCCC2)C1=O. The van der Waals surface area contributed by atoms with E-state index >= 15 is 0 Å². The van der Waals surface area contributed by atoms with Crippen molar-refractivity contribution in [2.75, 3.05) is 6.61 Å². The molecular weight excluding hydrogens is 310 g/mol. The summed E-state index contributed by atoms with van der Waals surface area (Å²) >= 11 is 0. The van der Waals surface area contributed by atoms with Gasteiger partial charge in [-0.3, -0.25) is 15.0 Å². The van der Waals surface area contributed by atoms with Crippen LogP contribution in [-0.4, -0.2) is 41.1 Å².